The van der Waals surface area contributed by atoms with Crippen molar-refractivity contribution in [2.24, 2.45) is 10.9 Å². The van der Waals surface area contributed by atoms with Crippen molar-refractivity contribution >= 4 is 35.5 Å². The third kappa shape index (κ3) is 7.71. The average molecular weight is 535 g/mol. The number of aliphatic imine (C=N–C) groups is 1. The van der Waals surface area contributed by atoms with Crippen molar-refractivity contribution in [3.63, 3.8) is 0 Å². The van der Waals surface area contributed by atoms with Gasteiger partial charge in [0, 0.05) is 37.2 Å². The van der Waals surface area contributed by atoms with Crippen molar-refractivity contribution in [2.45, 2.75) is 50.9 Å². The molecule has 2 heterocycles. The number of nitrogens with zero attached hydrogens (tertiary/aromatic N) is 4. The summed E-state index contributed by atoms with van der Waals surface area (Å²) < 4.78 is 41.8. The Hall–Kier alpha value is -3.58. The minimum absolute atomic E-state index is 0.118. The molecule has 1 aromatic heterocycles. The van der Waals surface area contributed by atoms with E-state index >= 15 is 0 Å². The second-order valence-corrected chi connectivity index (χ2v) is 9.28. The Morgan fingerprint density at radius 3 is 2.63 bits per heavy atom. The van der Waals surface area contributed by atoms with Gasteiger partial charge in [-0.15, -0.1) is 0 Å². The van der Waals surface area contributed by atoms with Crippen molar-refractivity contribution < 1.29 is 32.6 Å². The lowest BCUT2D eigenvalue weighted by Gasteiger charge is -2.22. The number of anilines is 2. The Bertz CT molecular complexity index is 1140. The first kappa shape index (κ1) is 27.5. The first-order valence-corrected chi connectivity index (χ1v) is 12.4. The minimum Gasteiger partial charge on any atom is -0.393 e. The minimum atomic E-state index is -3.03. The molecule has 0 unspecified atom stereocenters. The molecule has 3 N–H and O–H groups in total. The van der Waals surface area contributed by atoms with Crippen LogP contribution in [0.15, 0.2) is 35.5 Å². The van der Waals surface area contributed by atoms with Gasteiger partial charge in [-0.05, 0) is 62.3 Å². The number of likely N-dealkylation sites (tertiary alicyclic amines) is 1. The number of nitrogens with one attached hydrogen (secondary N) is 2. The lowest BCUT2D eigenvalue weighted by molar-refractivity contribution is -0.158. The number of hydrogen-bond acceptors (Lipinski definition) is 8. The molecule has 38 heavy (non-hydrogen) atoms. The molecule has 2 amide bonds. The van der Waals surface area contributed by atoms with Gasteiger partial charge in [0.2, 0.25) is 11.9 Å². The fourth-order valence-corrected chi connectivity index (χ4v) is 4.37. The van der Waals surface area contributed by atoms with Crippen LogP contribution in [0.2, 0.25) is 0 Å². The molecule has 0 radical (unpaired) electrons. The van der Waals surface area contributed by atoms with Gasteiger partial charge in [0.1, 0.15) is 18.0 Å². The highest BCUT2D eigenvalue weighted by Crippen LogP contribution is 2.25. The van der Waals surface area contributed by atoms with Crippen LogP contribution in [0.25, 0.3) is 0 Å². The van der Waals surface area contributed by atoms with Crippen LogP contribution in [0.3, 0.4) is 0 Å². The zero-order valence-electron chi connectivity index (χ0n) is 20.5. The molecule has 13 heteroatoms. The van der Waals surface area contributed by atoms with Crippen LogP contribution in [-0.2, 0) is 9.53 Å². The number of aliphatic hydroxyl groups is 1. The van der Waals surface area contributed by atoms with Crippen molar-refractivity contribution in [2.75, 3.05) is 25.0 Å². The topological polar surface area (TPSA) is 129 Å². The van der Waals surface area contributed by atoms with E-state index in [1.807, 2.05) is 0 Å². The van der Waals surface area contributed by atoms with Gasteiger partial charge in [-0.3, -0.25) is 9.59 Å². The molecule has 10 nitrogen and oxygen atoms in total. The van der Waals surface area contributed by atoms with Crippen molar-refractivity contribution in [3.05, 3.63) is 41.8 Å². The molecule has 0 bridgehead atoms. The highest BCUT2D eigenvalue weighted by atomic mass is 19.3. The Labute approximate surface area is 217 Å². The molecule has 1 saturated heterocycles. The first-order chi connectivity index (χ1) is 18.3. The van der Waals surface area contributed by atoms with E-state index in [9.17, 15) is 27.9 Å². The van der Waals surface area contributed by atoms with Gasteiger partial charge < -0.3 is 25.4 Å². The second-order valence-electron chi connectivity index (χ2n) is 9.28. The van der Waals surface area contributed by atoms with Crippen LogP contribution >= 0.6 is 0 Å². The summed E-state index contributed by atoms with van der Waals surface area (Å²) in [4.78, 5) is 39.6. The number of carbonyl (C=O) groups excluding carboxylic acids is 2. The molecule has 2 aromatic rings. The summed E-state index contributed by atoms with van der Waals surface area (Å²) in [5.74, 6) is -1.04. The number of aliphatic hydroxyl groups excluding tert-OH is 1. The number of rotatable bonds is 9. The Morgan fingerprint density at radius 1 is 1.18 bits per heavy atom. The van der Waals surface area contributed by atoms with E-state index in [2.05, 4.69) is 30.3 Å². The van der Waals surface area contributed by atoms with Crippen LogP contribution in [0.1, 0.15) is 42.5 Å². The van der Waals surface area contributed by atoms with Crippen LogP contribution < -0.4 is 10.6 Å². The van der Waals surface area contributed by atoms with E-state index in [0.29, 0.717) is 31.5 Å². The maximum Gasteiger partial charge on any atom is 0.345 e. The maximum absolute atomic E-state index is 13.2. The van der Waals surface area contributed by atoms with Gasteiger partial charge in [0.25, 0.3) is 5.91 Å². The zero-order chi connectivity index (χ0) is 27.1. The Kier molecular flexibility index (Phi) is 9.24. The standard InChI is InChI=1S/C25H29F3N6O4/c26-16-3-5-17(6-4-16)32-25-30-12-20(22(33-25)29-11-15-1-7-19(35)8-2-15)23(37)31-18-9-10-34(13-18)21(36)14-38-24(27)28/h3-6,11-12,15,18-19,24,35H,1-2,7-10,13-14H2,(H,31,37)(H,30,32,33)/b29-11+/t15?,18-,19?/m0/s1. The summed E-state index contributed by atoms with van der Waals surface area (Å²) in [5.41, 5.74) is 0.666. The van der Waals surface area contributed by atoms with Gasteiger partial charge in [-0.25, -0.2) is 14.4 Å². The lowest BCUT2D eigenvalue weighted by Crippen LogP contribution is -2.39. The number of amides is 2. The molecule has 2 aliphatic rings. The van der Waals surface area contributed by atoms with Crippen LogP contribution in [-0.4, -0.2) is 76.5 Å². The molecule has 1 atom stereocenters. The van der Waals surface area contributed by atoms with Gasteiger partial charge in [0.05, 0.1) is 6.10 Å². The lowest BCUT2D eigenvalue weighted by atomic mass is 9.88. The number of ether oxygens (including phenoxy) is 1. The summed E-state index contributed by atoms with van der Waals surface area (Å²) in [7, 11) is 0. The van der Waals surface area contributed by atoms with Crippen LogP contribution in [0.4, 0.5) is 30.6 Å². The van der Waals surface area contributed by atoms with E-state index in [-0.39, 0.29) is 41.7 Å². The van der Waals surface area contributed by atoms with Crippen molar-refractivity contribution in [1.29, 1.82) is 0 Å². The van der Waals surface area contributed by atoms with E-state index in [4.69, 9.17) is 0 Å². The predicted octanol–water partition coefficient (Wildman–Crippen LogP) is 3.18. The molecule has 4 rings (SSSR count). The number of aromatic nitrogens is 2. The van der Waals surface area contributed by atoms with E-state index < -0.39 is 31.1 Å². The first-order valence-electron chi connectivity index (χ1n) is 12.4. The van der Waals surface area contributed by atoms with E-state index in [1.165, 1.54) is 35.4 Å². The number of halogens is 3. The molecular formula is C25H29F3N6O4. The fraction of sp³-hybridized carbons (Fsp3) is 0.480. The summed E-state index contributed by atoms with van der Waals surface area (Å²) in [6, 6.07) is 5.22. The Morgan fingerprint density at radius 2 is 1.92 bits per heavy atom. The smallest absolute Gasteiger partial charge is 0.345 e. The number of hydrogen-bond donors (Lipinski definition) is 3. The Balaban J connectivity index is 1.46. The molecular weight excluding hydrogens is 505 g/mol. The molecule has 1 aromatic carbocycles. The molecule has 1 saturated carbocycles. The summed E-state index contributed by atoms with van der Waals surface area (Å²) >= 11 is 0. The third-order valence-corrected chi connectivity index (χ3v) is 6.47. The monoisotopic (exact) mass is 534 g/mol. The van der Waals surface area contributed by atoms with Crippen LogP contribution in [0.5, 0.6) is 0 Å². The summed E-state index contributed by atoms with van der Waals surface area (Å²) in [5, 5.41) is 15.5. The molecule has 2 fully saturated rings. The number of alkyl halides is 2. The highest BCUT2D eigenvalue weighted by molar-refractivity contribution is 5.98. The largest absolute Gasteiger partial charge is 0.393 e. The van der Waals surface area contributed by atoms with Gasteiger partial charge >= 0.3 is 6.61 Å². The average Bonchev–Trinajstić information content (AvgIpc) is 3.37. The zero-order valence-corrected chi connectivity index (χ0v) is 20.5. The molecule has 204 valence electrons. The van der Waals surface area contributed by atoms with Crippen molar-refractivity contribution in [3.8, 4) is 0 Å². The fourth-order valence-electron chi connectivity index (χ4n) is 4.37. The van der Waals surface area contributed by atoms with Crippen molar-refractivity contribution in [1.82, 2.24) is 20.2 Å². The van der Waals surface area contributed by atoms with Crippen LogP contribution in [0, 0.1) is 11.7 Å². The SMILES string of the molecule is O=C(N[C@H]1CCN(C(=O)COC(F)F)C1)c1cnc(Nc2ccc(F)cc2)nc1/N=C/C1CCC(O)CC1. The van der Waals surface area contributed by atoms with E-state index in [0.717, 1.165) is 12.8 Å². The molecule has 0 spiro atoms. The summed E-state index contributed by atoms with van der Waals surface area (Å²) in [6.45, 7) is -3.31. The molecule has 1 aliphatic heterocycles. The predicted molar refractivity (Wildman–Crippen MR) is 132 cm³/mol. The maximum atomic E-state index is 13.2. The van der Waals surface area contributed by atoms with Gasteiger partial charge in [-0.2, -0.15) is 13.8 Å². The number of benzene rings is 1. The van der Waals surface area contributed by atoms with Gasteiger partial charge in [-0.1, -0.05) is 0 Å². The summed E-state index contributed by atoms with van der Waals surface area (Å²) in [6.07, 6.45) is 6.06. The molecule has 1 aliphatic carbocycles. The highest BCUT2D eigenvalue weighted by Gasteiger charge is 2.29. The second kappa shape index (κ2) is 12.8. The third-order valence-electron chi connectivity index (χ3n) is 6.47. The van der Waals surface area contributed by atoms with Gasteiger partial charge in [0.15, 0.2) is 5.82 Å². The number of carbonyl (C=O) groups is 2. The normalized spacial score (nSPS) is 21.7. The quantitative estimate of drug-likeness (QED) is 0.422. The van der Waals surface area contributed by atoms with E-state index in [1.54, 1.807) is 6.21 Å².